The maximum Gasteiger partial charge on any atom is 0.319 e. The maximum atomic E-state index is 11.2. The highest BCUT2D eigenvalue weighted by molar-refractivity contribution is 7.74. The van der Waals surface area contributed by atoms with E-state index < -0.39 is 17.3 Å². The van der Waals surface area contributed by atoms with E-state index >= 15 is 0 Å². The van der Waals surface area contributed by atoms with E-state index in [1.807, 2.05) is 0 Å². The average Bonchev–Trinajstić information content (AvgIpc) is 2.58. The van der Waals surface area contributed by atoms with Crippen molar-refractivity contribution in [1.29, 1.82) is 0 Å². The Bertz CT molecular complexity index is 387. The number of imide groups is 1. The predicted molar refractivity (Wildman–Crippen MR) is 59.3 cm³/mol. The summed E-state index contributed by atoms with van der Waals surface area (Å²) in [7, 11) is 0. The molecule has 18 heavy (non-hydrogen) atoms. The Hall–Kier alpha value is -1.54. The number of carbonyl (C=O) groups is 3. The zero-order chi connectivity index (χ0) is 13.5. The zero-order valence-electron chi connectivity index (χ0n) is 9.50. The number of hydrogen-bond acceptors (Lipinski definition) is 6. The second-order valence-electron chi connectivity index (χ2n) is 3.63. The molecule has 1 heterocycles. The average molecular weight is 274 g/mol. The van der Waals surface area contributed by atoms with Crippen LogP contribution in [0.25, 0.3) is 0 Å². The Morgan fingerprint density at radius 2 is 1.83 bits per heavy atom. The lowest BCUT2D eigenvalue weighted by Crippen LogP contribution is -2.30. The zero-order valence-corrected chi connectivity index (χ0v) is 10.3. The van der Waals surface area contributed by atoms with Crippen LogP contribution >= 0.6 is 0 Å². The van der Waals surface area contributed by atoms with Gasteiger partial charge in [0, 0.05) is 25.1 Å². The Kier molecular flexibility index (Phi) is 5.66. The summed E-state index contributed by atoms with van der Waals surface area (Å²) in [6.07, 6.45) is 4.02. The highest BCUT2D eigenvalue weighted by atomic mass is 32.2. The lowest BCUT2D eigenvalue weighted by atomic mass is 10.2. The minimum Gasteiger partial charge on any atom is -0.740 e. The van der Waals surface area contributed by atoms with Gasteiger partial charge in [0.2, 0.25) is 0 Å². The van der Waals surface area contributed by atoms with Crippen molar-refractivity contribution in [3.8, 4) is 0 Å². The smallest absolute Gasteiger partial charge is 0.319 e. The Labute approximate surface area is 106 Å². The van der Waals surface area contributed by atoms with Crippen LogP contribution in [0.2, 0.25) is 0 Å². The van der Waals surface area contributed by atoms with Crippen LogP contribution in [0.5, 0.6) is 0 Å². The third-order valence-corrected chi connectivity index (χ3v) is 2.65. The second kappa shape index (κ2) is 7.02. The Morgan fingerprint density at radius 1 is 1.22 bits per heavy atom. The first-order valence-electron chi connectivity index (χ1n) is 5.34. The van der Waals surface area contributed by atoms with Gasteiger partial charge in [-0.3, -0.25) is 19.3 Å². The third-order valence-electron chi connectivity index (χ3n) is 2.32. The SMILES string of the molecule is O=C(CCCCCN1C(=O)C=CC1=O)OS(=O)[O-]. The normalized spacial score (nSPS) is 16.2. The standard InChI is InChI=1S/C10H13NO6S/c12-8-5-6-9(13)11(8)7-3-1-2-4-10(14)17-18(15)16/h5-6H,1-4,7H2,(H,15,16)/p-1. The number of unbranched alkanes of at least 4 members (excludes halogenated alkanes) is 2. The molecule has 1 unspecified atom stereocenters. The monoisotopic (exact) mass is 274 g/mol. The van der Waals surface area contributed by atoms with Gasteiger partial charge in [-0.15, -0.1) is 0 Å². The lowest BCUT2D eigenvalue weighted by Gasteiger charge is -2.12. The van der Waals surface area contributed by atoms with Crippen LogP contribution in [0.1, 0.15) is 25.7 Å². The highest BCUT2D eigenvalue weighted by Crippen LogP contribution is 2.08. The third kappa shape index (κ3) is 4.76. The molecular formula is C10H12NO6S-. The molecule has 0 N–H and O–H groups in total. The van der Waals surface area contributed by atoms with Crippen molar-refractivity contribution in [3.05, 3.63) is 12.2 Å². The fraction of sp³-hybridized carbons (Fsp3) is 0.500. The van der Waals surface area contributed by atoms with E-state index in [-0.39, 0.29) is 18.2 Å². The van der Waals surface area contributed by atoms with E-state index in [1.165, 1.54) is 12.2 Å². The van der Waals surface area contributed by atoms with Gasteiger partial charge in [-0.1, -0.05) is 6.42 Å². The van der Waals surface area contributed by atoms with Crippen LogP contribution in [0, 0.1) is 0 Å². The molecule has 1 atom stereocenters. The number of carbonyl (C=O) groups excluding carboxylic acids is 3. The van der Waals surface area contributed by atoms with Crippen LogP contribution in [0.15, 0.2) is 12.2 Å². The molecule has 0 radical (unpaired) electrons. The quantitative estimate of drug-likeness (QED) is 0.362. The summed E-state index contributed by atoms with van der Waals surface area (Å²) in [4.78, 5) is 34.3. The molecular weight excluding hydrogens is 262 g/mol. The van der Waals surface area contributed by atoms with E-state index in [2.05, 4.69) is 4.18 Å². The maximum absolute atomic E-state index is 11.2. The van der Waals surface area contributed by atoms with Crippen molar-refractivity contribution in [1.82, 2.24) is 4.90 Å². The molecule has 0 saturated carbocycles. The summed E-state index contributed by atoms with van der Waals surface area (Å²) in [5, 5.41) is 0. The molecule has 8 heteroatoms. The second-order valence-corrected chi connectivity index (χ2v) is 4.21. The van der Waals surface area contributed by atoms with E-state index in [0.29, 0.717) is 25.8 Å². The van der Waals surface area contributed by atoms with Gasteiger partial charge in [0.25, 0.3) is 11.8 Å². The van der Waals surface area contributed by atoms with Crippen LogP contribution in [0.4, 0.5) is 0 Å². The van der Waals surface area contributed by atoms with Gasteiger partial charge < -0.3 is 8.74 Å². The van der Waals surface area contributed by atoms with Crippen LogP contribution in [-0.4, -0.2) is 38.0 Å². The number of rotatable bonds is 7. The molecule has 1 aliphatic rings. The summed E-state index contributed by atoms with van der Waals surface area (Å²) in [5.41, 5.74) is 0. The first-order chi connectivity index (χ1) is 8.50. The van der Waals surface area contributed by atoms with E-state index in [4.69, 9.17) is 0 Å². The van der Waals surface area contributed by atoms with E-state index in [9.17, 15) is 23.1 Å². The van der Waals surface area contributed by atoms with Gasteiger partial charge in [-0.05, 0) is 12.8 Å². The van der Waals surface area contributed by atoms with Crippen LogP contribution in [-0.2, 0) is 29.9 Å². The topological polar surface area (TPSA) is 104 Å². The number of nitrogens with zero attached hydrogens (tertiary/aromatic N) is 1. The number of amides is 2. The minimum atomic E-state index is -2.82. The predicted octanol–water partition coefficient (Wildman–Crippen LogP) is -0.191. The molecule has 1 aliphatic heterocycles. The van der Waals surface area contributed by atoms with Gasteiger partial charge in [-0.25, -0.2) is 4.21 Å². The van der Waals surface area contributed by atoms with Gasteiger partial charge in [0.05, 0.1) is 0 Å². The van der Waals surface area contributed by atoms with Crippen molar-refractivity contribution in [2.24, 2.45) is 0 Å². The summed E-state index contributed by atoms with van der Waals surface area (Å²) in [6, 6.07) is 0. The van der Waals surface area contributed by atoms with Crippen molar-refractivity contribution in [3.63, 3.8) is 0 Å². The molecule has 100 valence electrons. The lowest BCUT2D eigenvalue weighted by molar-refractivity contribution is -0.137. The molecule has 0 aromatic carbocycles. The molecule has 7 nitrogen and oxygen atoms in total. The molecule has 0 fully saturated rings. The van der Waals surface area contributed by atoms with Gasteiger partial charge in [0.1, 0.15) is 11.4 Å². The Balaban J connectivity index is 2.09. The molecule has 0 aliphatic carbocycles. The molecule has 1 rings (SSSR count). The van der Waals surface area contributed by atoms with Crippen molar-refractivity contribution < 1.29 is 27.3 Å². The minimum absolute atomic E-state index is 0.00583. The van der Waals surface area contributed by atoms with Crippen LogP contribution < -0.4 is 0 Å². The van der Waals surface area contributed by atoms with Gasteiger partial charge in [-0.2, -0.15) is 0 Å². The van der Waals surface area contributed by atoms with E-state index in [0.717, 1.165) is 4.90 Å². The van der Waals surface area contributed by atoms with Crippen molar-refractivity contribution in [2.75, 3.05) is 6.54 Å². The molecule has 0 bridgehead atoms. The fourth-order valence-electron chi connectivity index (χ4n) is 1.49. The van der Waals surface area contributed by atoms with Crippen molar-refractivity contribution >= 4 is 29.1 Å². The molecule has 0 aromatic heterocycles. The fourth-order valence-corrected chi connectivity index (χ4v) is 1.72. The Morgan fingerprint density at radius 3 is 2.39 bits per heavy atom. The summed E-state index contributed by atoms with van der Waals surface area (Å²) in [6.45, 7) is 0.299. The van der Waals surface area contributed by atoms with Gasteiger partial charge >= 0.3 is 5.97 Å². The van der Waals surface area contributed by atoms with E-state index in [1.54, 1.807) is 0 Å². The molecule has 0 saturated heterocycles. The van der Waals surface area contributed by atoms with Gasteiger partial charge in [0.15, 0.2) is 0 Å². The summed E-state index contributed by atoms with van der Waals surface area (Å²) in [5.74, 6) is -1.47. The largest absolute Gasteiger partial charge is 0.740 e. The first-order valence-corrected chi connectivity index (χ1v) is 6.34. The molecule has 2 amide bonds. The number of hydrogen-bond donors (Lipinski definition) is 0. The summed E-state index contributed by atoms with van der Waals surface area (Å²) >= 11 is -2.82. The molecule has 0 spiro atoms. The summed E-state index contributed by atoms with van der Waals surface area (Å²) < 4.78 is 23.9. The first kappa shape index (κ1) is 14.5. The molecule has 0 aromatic rings. The highest BCUT2D eigenvalue weighted by Gasteiger charge is 2.22. The van der Waals surface area contributed by atoms with Crippen molar-refractivity contribution in [2.45, 2.75) is 25.7 Å². The van der Waals surface area contributed by atoms with Crippen LogP contribution in [0.3, 0.4) is 0 Å².